The molecule has 0 aliphatic carbocycles. The van der Waals surface area contributed by atoms with E-state index in [4.69, 9.17) is 0 Å². The quantitative estimate of drug-likeness (QED) is 0.494. The van der Waals surface area contributed by atoms with Crippen molar-refractivity contribution in [3.63, 3.8) is 0 Å². The third kappa shape index (κ3) is 5.00. The molecule has 1 N–H and O–H groups in total. The van der Waals surface area contributed by atoms with Gasteiger partial charge in [0.05, 0.1) is 13.7 Å². The zero-order valence-electron chi connectivity index (χ0n) is 13.2. The summed E-state index contributed by atoms with van der Waals surface area (Å²) in [5, 5.41) is 2.24. The summed E-state index contributed by atoms with van der Waals surface area (Å²) in [6.45, 7) is 1.35. The molecule has 0 amide bonds. The molecule has 23 heavy (non-hydrogen) atoms. The van der Waals surface area contributed by atoms with Gasteiger partial charge in [0.15, 0.2) is 0 Å². The second kappa shape index (κ2) is 8.59. The van der Waals surface area contributed by atoms with E-state index >= 15 is 0 Å². The number of hydrogen-bond donors (Lipinski definition) is 1. The highest BCUT2D eigenvalue weighted by Crippen LogP contribution is 2.38. The number of benzene rings is 1. The first-order valence-corrected chi connectivity index (χ1v) is 7.31. The van der Waals surface area contributed by atoms with Gasteiger partial charge in [-0.15, -0.1) is 5.92 Å². The summed E-state index contributed by atoms with van der Waals surface area (Å²) in [6, 6.07) is 7.31. The maximum Gasteiger partial charge on any atom is 0.422 e. The minimum absolute atomic E-state index is 0.0552. The number of carbonyl (C=O) groups excluding carboxylic acids is 1. The van der Waals surface area contributed by atoms with Crippen LogP contribution in [0.4, 0.5) is 13.2 Å². The van der Waals surface area contributed by atoms with Gasteiger partial charge in [0.2, 0.25) is 5.54 Å². The molecule has 0 aliphatic rings. The molecule has 0 radical (unpaired) electrons. The molecule has 6 heteroatoms. The molecular weight excluding hydrogens is 307 g/mol. The predicted octanol–water partition coefficient (Wildman–Crippen LogP) is 3.40. The lowest BCUT2D eigenvalue weighted by molar-refractivity contribution is -0.183. The van der Waals surface area contributed by atoms with Crippen LogP contribution in [-0.2, 0) is 15.1 Å². The lowest BCUT2D eigenvalue weighted by Crippen LogP contribution is -2.54. The van der Waals surface area contributed by atoms with E-state index in [2.05, 4.69) is 21.9 Å². The van der Waals surface area contributed by atoms with Crippen LogP contribution in [0.25, 0.3) is 0 Å². The number of esters is 1. The Hall–Kier alpha value is -2.00. The third-order valence-corrected chi connectivity index (χ3v) is 3.29. The molecule has 0 bridgehead atoms. The van der Waals surface area contributed by atoms with Crippen LogP contribution in [0.3, 0.4) is 0 Å². The Balaban J connectivity index is 3.27. The van der Waals surface area contributed by atoms with Gasteiger partial charge in [-0.2, -0.15) is 13.2 Å². The van der Waals surface area contributed by atoms with Crippen LogP contribution in [0.1, 0.15) is 31.7 Å². The summed E-state index contributed by atoms with van der Waals surface area (Å²) in [5.41, 5.74) is -2.66. The number of unbranched alkanes of at least 4 members (excludes halogenated alkanes) is 2. The number of halogens is 3. The summed E-state index contributed by atoms with van der Waals surface area (Å²) in [7, 11) is 1.12. The third-order valence-electron chi connectivity index (χ3n) is 3.29. The Bertz CT molecular complexity index is 561. The Morgan fingerprint density at radius 1 is 1.26 bits per heavy atom. The fourth-order valence-electron chi connectivity index (χ4n) is 1.98. The lowest BCUT2D eigenvalue weighted by atomic mass is 9.89. The normalized spacial score (nSPS) is 13.6. The van der Waals surface area contributed by atoms with Gasteiger partial charge in [-0.05, 0) is 12.0 Å². The molecule has 0 spiro atoms. The second-order valence-corrected chi connectivity index (χ2v) is 4.95. The van der Waals surface area contributed by atoms with Crippen molar-refractivity contribution in [2.24, 2.45) is 0 Å². The average molecular weight is 327 g/mol. The Labute approximate surface area is 134 Å². The first kappa shape index (κ1) is 19.0. The smallest absolute Gasteiger partial charge is 0.422 e. The number of carbonyl (C=O) groups is 1. The number of rotatable bonds is 6. The Morgan fingerprint density at radius 3 is 2.43 bits per heavy atom. The molecule has 0 heterocycles. The average Bonchev–Trinajstić information content (AvgIpc) is 2.53. The van der Waals surface area contributed by atoms with E-state index in [1.807, 2.05) is 6.92 Å². The van der Waals surface area contributed by atoms with Crippen molar-refractivity contribution in [3.05, 3.63) is 35.9 Å². The highest BCUT2D eigenvalue weighted by atomic mass is 19.4. The fraction of sp³-hybridized carbons (Fsp3) is 0.471. The van der Waals surface area contributed by atoms with Crippen molar-refractivity contribution >= 4 is 5.97 Å². The van der Waals surface area contributed by atoms with Crippen molar-refractivity contribution in [3.8, 4) is 11.8 Å². The van der Waals surface area contributed by atoms with E-state index in [1.165, 1.54) is 24.3 Å². The Kier molecular flexibility index (Phi) is 7.11. The van der Waals surface area contributed by atoms with Gasteiger partial charge < -0.3 is 4.74 Å². The zero-order chi connectivity index (χ0) is 17.3. The second-order valence-electron chi connectivity index (χ2n) is 4.95. The lowest BCUT2D eigenvalue weighted by Gasteiger charge is -2.32. The van der Waals surface area contributed by atoms with Crippen molar-refractivity contribution in [1.29, 1.82) is 0 Å². The van der Waals surface area contributed by atoms with Crippen molar-refractivity contribution < 1.29 is 22.7 Å². The van der Waals surface area contributed by atoms with Crippen molar-refractivity contribution in [1.82, 2.24) is 5.32 Å². The van der Waals surface area contributed by atoms with Crippen LogP contribution in [-0.4, -0.2) is 25.8 Å². The standard InChI is InChI=1S/C17H20F3NO2/c1-3-4-5-9-12-16(17(18,19)20,21-13-15(22)23-2)14-10-7-6-8-11-14/h6-8,10-11,21H,3-5,13H2,1-2H3. The maximum absolute atomic E-state index is 13.8. The molecule has 1 aromatic carbocycles. The van der Waals surface area contributed by atoms with Crippen LogP contribution in [0.2, 0.25) is 0 Å². The van der Waals surface area contributed by atoms with Gasteiger partial charge in [-0.25, -0.2) is 0 Å². The molecule has 1 atom stereocenters. The molecule has 0 saturated heterocycles. The summed E-state index contributed by atoms with van der Waals surface area (Å²) in [5.74, 6) is 4.11. The van der Waals surface area contributed by atoms with Crippen molar-refractivity contribution in [2.45, 2.75) is 37.9 Å². The van der Waals surface area contributed by atoms with Crippen molar-refractivity contribution in [2.75, 3.05) is 13.7 Å². The first-order chi connectivity index (χ1) is 10.9. The Morgan fingerprint density at radius 2 is 1.91 bits per heavy atom. The number of nitrogens with one attached hydrogen (secondary N) is 1. The predicted molar refractivity (Wildman–Crippen MR) is 81.5 cm³/mol. The van der Waals surface area contributed by atoms with Gasteiger partial charge in [-0.1, -0.05) is 49.6 Å². The molecule has 0 aromatic heterocycles. The maximum atomic E-state index is 13.8. The van der Waals surface area contributed by atoms with Crippen LogP contribution >= 0.6 is 0 Å². The molecule has 1 unspecified atom stereocenters. The van der Waals surface area contributed by atoms with Gasteiger partial charge in [-0.3, -0.25) is 10.1 Å². The van der Waals surface area contributed by atoms with E-state index in [0.29, 0.717) is 12.8 Å². The number of hydrogen-bond acceptors (Lipinski definition) is 3. The highest BCUT2D eigenvalue weighted by molar-refractivity contribution is 5.71. The topological polar surface area (TPSA) is 38.3 Å². The van der Waals surface area contributed by atoms with E-state index in [0.717, 1.165) is 13.5 Å². The minimum Gasteiger partial charge on any atom is -0.468 e. The van der Waals surface area contributed by atoms with Crippen LogP contribution < -0.4 is 5.32 Å². The van der Waals surface area contributed by atoms with Gasteiger partial charge >= 0.3 is 12.1 Å². The number of ether oxygens (including phenoxy) is 1. The fourth-order valence-corrected chi connectivity index (χ4v) is 1.98. The molecule has 1 rings (SSSR count). The summed E-state index contributed by atoms with van der Waals surface area (Å²) >= 11 is 0. The molecule has 0 saturated carbocycles. The first-order valence-electron chi connectivity index (χ1n) is 7.31. The molecule has 1 aromatic rings. The van der Waals surface area contributed by atoms with E-state index in [-0.39, 0.29) is 5.56 Å². The molecular formula is C17H20F3NO2. The zero-order valence-corrected chi connectivity index (χ0v) is 13.2. The van der Waals surface area contributed by atoms with Gasteiger partial charge in [0, 0.05) is 6.42 Å². The summed E-state index contributed by atoms with van der Waals surface area (Å²) < 4.78 is 45.8. The van der Waals surface area contributed by atoms with Crippen LogP contribution in [0.15, 0.2) is 30.3 Å². The summed E-state index contributed by atoms with van der Waals surface area (Å²) in [6.07, 6.45) is -2.77. The minimum atomic E-state index is -4.69. The summed E-state index contributed by atoms with van der Waals surface area (Å²) in [4.78, 5) is 11.3. The van der Waals surface area contributed by atoms with Crippen LogP contribution in [0.5, 0.6) is 0 Å². The molecule has 0 fully saturated rings. The largest absolute Gasteiger partial charge is 0.468 e. The molecule has 3 nitrogen and oxygen atoms in total. The van der Waals surface area contributed by atoms with Crippen LogP contribution in [0, 0.1) is 11.8 Å². The monoisotopic (exact) mass is 327 g/mol. The number of methoxy groups -OCH3 is 1. The molecule has 0 aliphatic heterocycles. The highest BCUT2D eigenvalue weighted by Gasteiger charge is 2.55. The number of alkyl halides is 3. The SMILES string of the molecule is CCCCC#CC(NCC(=O)OC)(c1ccccc1)C(F)(F)F. The van der Waals surface area contributed by atoms with Gasteiger partial charge in [0.25, 0.3) is 0 Å². The van der Waals surface area contributed by atoms with Gasteiger partial charge in [0.1, 0.15) is 0 Å². The van der Waals surface area contributed by atoms with E-state index < -0.39 is 24.2 Å². The van der Waals surface area contributed by atoms with E-state index in [9.17, 15) is 18.0 Å². The van der Waals surface area contributed by atoms with E-state index in [1.54, 1.807) is 6.07 Å². The molecule has 126 valence electrons.